The predicted octanol–water partition coefficient (Wildman–Crippen LogP) is 0.304. The summed E-state index contributed by atoms with van der Waals surface area (Å²) in [5.41, 5.74) is 1.01. The predicted molar refractivity (Wildman–Crippen MR) is 72.2 cm³/mol. The quantitative estimate of drug-likeness (QED) is 0.752. The number of ether oxygens (including phenoxy) is 1. The molecule has 0 saturated carbocycles. The molecule has 4 nitrogen and oxygen atoms in total. The number of nitrogens with one attached hydrogen (secondary N) is 2. The molecular formula is C15H21N2O2+. The summed E-state index contributed by atoms with van der Waals surface area (Å²) in [7, 11) is 2.23. The Kier molecular flexibility index (Phi) is 3.19. The molecule has 1 saturated heterocycles. The fourth-order valence-electron chi connectivity index (χ4n) is 3.29. The van der Waals surface area contributed by atoms with Gasteiger partial charge in [0.2, 0.25) is 6.41 Å². The number of quaternary nitrogens is 1. The summed E-state index contributed by atoms with van der Waals surface area (Å²) >= 11 is 0. The molecule has 19 heavy (non-hydrogen) atoms. The lowest BCUT2D eigenvalue weighted by molar-refractivity contribution is -0.887. The summed E-state index contributed by atoms with van der Waals surface area (Å²) in [6.07, 6.45) is 3.81. The SMILES string of the molecule is C[NH+]1CCC2(CC1)C[C@@H](NC=O)c1ccccc1O2. The maximum Gasteiger partial charge on any atom is 0.207 e. The van der Waals surface area contributed by atoms with E-state index in [-0.39, 0.29) is 11.6 Å². The van der Waals surface area contributed by atoms with E-state index in [1.54, 1.807) is 4.90 Å². The van der Waals surface area contributed by atoms with Gasteiger partial charge in [0.1, 0.15) is 11.4 Å². The van der Waals surface area contributed by atoms with Crippen molar-refractivity contribution in [1.29, 1.82) is 0 Å². The first kappa shape index (κ1) is 12.5. The molecular weight excluding hydrogens is 240 g/mol. The third-order valence-electron chi connectivity index (χ3n) is 4.48. The van der Waals surface area contributed by atoms with Gasteiger partial charge in [0.15, 0.2) is 0 Å². The number of rotatable bonds is 2. The number of likely N-dealkylation sites (tertiary alicyclic amines) is 1. The second-order valence-corrected chi connectivity index (χ2v) is 5.82. The van der Waals surface area contributed by atoms with E-state index in [0.717, 1.165) is 50.1 Å². The molecule has 1 atom stereocenters. The van der Waals surface area contributed by atoms with Crippen molar-refractivity contribution < 1.29 is 14.4 Å². The second-order valence-electron chi connectivity index (χ2n) is 5.82. The van der Waals surface area contributed by atoms with Crippen molar-refractivity contribution in [3.05, 3.63) is 29.8 Å². The van der Waals surface area contributed by atoms with Crippen molar-refractivity contribution in [2.45, 2.75) is 30.9 Å². The van der Waals surface area contributed by atoms with Crippen LogP contribution in [0.1, 0.15) is 30.9 Å². The summed E-state index contributed by atoms with van der Waals surface area (Å²) < 4.78 is 6.32. The number of piperidine rings is 1. The van der Waals surface area contributed by atoms with Gasteiger partial charge in [-0.05, 0) is 6.07 Å². The molecule has 2 N–H and O–H groups in total. The van der Waals surface area contributed by atoms with Crippen LogP contribution in [-0.4, -0.2) is 32.1 Å². The van der Waals surface area contributed by atoms with Gasteiger partial charge < -0.3 is 15.0 Å². The lowest BCUT2D eigenvalue weighted by Crippen LogP contribution is -3.10. The average molecular weight is 261 g/mol. The van der Waals surface area contributed by atoms with Gasteiger partial charge in [0, 0.05) is 24.8 Å². The molecule has 2 aliphatic heterocycles. The lowest BCUT2D eigenvalue weighted by atomic mass is 9.81. The highest BCUT2D eigenvalue weighted by Crippen LogP contribution is 2.42. The Bertz CT molecular complexity index is 467. The molecule has 1 aromatic carbocycles. The highest BCUT2D eigenvalue weighted by atomic mass is 16.5. The molecule has 102 valence electrons. The normalized spacial score (nSPS) is 33.3. The average Bonchev–Trinajstić information content (AvgIpc) is 2.43. The molecule has 4 heteroatoms. The molecule has 1 aromatic rings. The van der Waals surface area contributed by atoms with Crippen LogP contribution in [0, 0.1) is 0 Å². The largest absolute Gasteiger partial charge is 0.486 e. The molecule has 2 aliphatic rings. The summed E-state index contributed by atoms with van der Waals surface area (Å²) in [5.74, 6) is 0.938. The Morgan fingerprint density at radius 2 is 2.11 bits per heavy atom. The van der Waals surface area contributed by atoms with E-state index < -0.39 is 0 Å². The van der Waals surface area contributed by atoms with Gasteiger partial charge in [-0.15, -0.1) is 0 Å². The fraction of sp³-hybridized carbons (Fsp3) is 0.533. The number of carbonyl (C=O) groups is 1. The molecule has 1 spiro atoms. The highest BCUT2D eigenvalue weighted by Gasteiger charge is 2.44. The first-order chi connectivity index (χ1) is 9.22. The van der Waals surface area contributed by atoms with Gasteiger partial charge in [0.25, 0.3) is 0 Å². The lowest BCUT2D eigenvalue weighted by Gasteiger charge is -2.44. The first-order valence-electron chi connectivity index (χ1n) is 7.01. The van der Waals surface area contributed by atoms with Crippen LogP contribution < -0.4 is 15.0 Å². The molecule has 0 aliphatic carbocycles. The third-order valence-corrected chi connectivity index (χ3v) is 4.48. The number of amides is 1. The minimum atomic E-state index is -0.0888. The molecule has 0 bridgehead atoms. The van der Waals surface area contributed by atoms with Crippen LogP contribution in [0.15, 0.2) is 24.3 Å². The number of hydrogen-bond donors (Lipinski definition) is 2. The van der Waals surface area contributed by atoms with Crippen LogP contribution in [0.5, 0.6) is 5.75 Å². The topological polar surface area (TPSA) is 42.8 Å². The van der Waals surface area contributed by atoms with Crippen LogP contribution >= 0.6 is 0 Å². The van der Waals surface area contributed by atoms with Crippen molar-refractivity contribution >= 4 is 6.41 Å². The zero-order chi connectivity index (χ0) is 13.3. The van der Waals surface area contributed by atoms with Crippen LogP contribution in [0.3, 0.4) is 0 Å². The summed E-state index contributed by atoms with van der Waals surface area (Å²) in [6, 6.07) is 8.14. The first-order valence-corrected chi connectivity index (χ1v) is 7.01. The van der Waals surface area contributed by atoms with Crippen LogP contribution in [0.25, 0.3) is 0 Å². The molecule has 1 amide bonds. The molecule has 2 heterocycles. The number of para-hydroxylation sites is 1. The standard InChI is InChI=1S/C15H20N2O2/c1-17-8-6-15(7-9-17)10-13(16-11-18)12-4-2-3-5-14(12)19-15/h2-5,11,13H,6-10H2,1H3,(H,16,18)/p+1/t13-/m1/s1. The van der Waals surface area contributed by atoms with Crippen molar-refractivity contribution in [3.63, 3.8) is 0 Å². The smallest absolute Gasteiger partial charge is 0.207 e. The maximum absolute atomic E-state index is 10.9. The van der Waals surface area contributed by atoms with Crippen molar-refractivity contribution in [2.75, 3.05) is 20.1 Å². The maximum atomic E-state index is 10.9. The van der Waals surface area contributed by atoms with Crippen LogP contribution in [0.4, 0.5) is 0 Å². The van der Waals surface area contributed by atoms with E-state index >= 15 is 0 Å². The molecule has 3 rings (SSSR count). The number of carbonyl (C=O) groups excluding carboxylic acids is 1. The van der Waals surface area contributed by atoms with Gasteiger partial charge in [-0.1, -0.05) is 18.2 Å². The van der Waals surface area contributed by atoms with Gasteiger partial charge in [-0.2, -0.15) is 0 Å². The summed E-state index contributed by atoms with van der Waals surface area (Å²) in [6.45, 7) is 2.27. The Hall–Kier alpha value is -1.55. The zero-order valence-corrected chi connectivity index (χ0v) is 11.3. The van der Waals surface area contributed by atoms with E-state index in [9.17, 15) is 4.79 Å². The zero-order valence-electron chi connectivity index (χ0n) is 11.3. The van der Waals surface area contributed by atoms with Crippen molar-refractivity contribution in [1.82, 2.24) is 5.32 Å². The monoisotopic (exact) mass is 261 g/mol. The Balaban J connectivity index is 1.90. The van der Waals surface area contributed by atoms with E-state index in [1.807, 2.05) is 24.3 Å². The fourth-order valence-corrected chi connectivity index (χ4v) is 3.29. The number of fused-ring (bicyclic) bond motifs is 1. The minimum Gasteiger partial charge on any atom is -0.486 e. The highest BCUT2D eigenvalue weighted by molar-refractivity contribution is 5.50. The minimum absolute atomic E-state index is 0.0841. The van der Waals surface area contributed by atoms with E-state index in [1.165, 1.54) is 0 Å². The molecule has 0 aromatic heterocycles. The van der Waals surface area contributed by atoms with E-state index in [4.69, 9.17) is 4.74 Å². The van der Waals surface area contributed by atoms with Gasteiger partial charge in [-0.3, -0.25) is 4.79 Å². The van der Waals surface area contributed by atoms with Crippen LogP contribution in [0.2, 0.25) is 0 Å². The van der Waals surface area contributed by atoms with E-state index in [2.05, 4.69) is 12.4 Å². The molecule has 1 fully saturated rings. The third kappa shape index (κ3) is 2.32. The van der Waals surface area contributed by atoms with Crippen LogP contribution in [-0.2, 0) is 4.79 Å². The molecule has 0 radical (unpaired) electrons. The Morgan fingerprint density at radius 1 is 1.37 bits per heavy atom. The van der Waals surface area contributed by atoms with Crippen molar-refractivity contribution in [3.8, 4) is 5.75 Å². The van der Waals surface area contributed by atoms with Gasteiger partial charge in [0.05, 0.1) is 26.2 Å². The molecule has 0 unspecified atom stereocenters. The van der Waals surface area contributed by atoms with E-state index in [0.29, 0.717) is 0 Å². The van der Waals surface area contributed by atoms with Gasteiger partial charge >= 0.3 is 0 Å². The number of benzene rings is 1. The summed E-state index contributed by atoms with van der Waals surface area (Å²) in [5, 5.41) is 2.96. The Labute approximate surface area is 113 Å². The van der Waals surface area contributed by atoms with Gasteiger partial charge in [-0.25, -0.2) is 0 Å². The van der Waals surface area contributed by atoms with Crippen molar-refractivity contribution in [2.24, 2.45) is 0 Å². The second kappa shape index (κ2) is 4.85. The number of hydrogen-bond acceptors (Lipinski definition) is 2. The Morgan fingerprint density at radius 3 is 2.84 bits per heavy atom. The summed E-state index contributed by atoms with van der Waals surface area (Å²) in [4.78, 5) is 12.4.